The molecule has 8 heteroatoms. The number of hydrogen-bond donors (Lipinski definition) is 2. The van der Waals surface area contributed by atoms with Crippen molar-refractivity contribution in [3.63, 3.8) is 0 Å². The lowest BCUT2D eigenvalue weighted by Crippen LogP contribution is -2.05. The summed E-state index contributed by atoms with van der Waals surface area (Å²) in [5, 5.41) is 8.46. The van der Waals surface area contributed by atoms with Gasteiger partial charge in [0.25, 0.3) is 0 Å². The number of nitrogens with zero attached hydrogens (tertiary/aromatic N) is 3. The van der Waals surface area contributed by atoms with Gasteiger partial charge in [0, 0.05) is 31.2 Å². The zero-order valence-electron chi connectivity index (χ0n) is 14.3. The van der Waals surface area contributed by atoms with Gasteiger partial charge in [0.2, 0.25) is 11.8 Å². The molecule has 7 nitrogen and oxygen atoms in total. The smallest absolute Gasteiger partial charge is 0.222 e. The van der Waals surface area contributed by atoms with E-state index in [1.54, 1.807) is 30.7 Å². The van der Waals surface area contributed by atoms with Gasteiger partial charge >= 0.3 is 0 Å². The van der Waals surface area contributed by atoms with Crippen molar-refractivity contribution in [2.24, 2.45) is 5.14 Å². The zero-order valence-corrected chi connectivity index (χ0v) is 15.1. The van der Waals surface area contributed by atoms with Crippen LogP contribution in [0.25, 0.3) is 0 Å². The van der Waals surface area contributed by atoms with E-state index in [2.05, 4.69) is 20.3 Å². The van der Waals surface area contributed by atoms with Gasteiger partial charge in [-0.2, -0.15) is 0 Å². The molecule has 0 amide bonds. The topological polar surface area (TPSA) is 103 Å². The molecule has 0 fully saturated rings. The maximum Gasteiger partial charge on any atom is 0.222 e. The van der Waals surface area contributed by atoms with Crippen molar-refractivity contribution in [3.8, 4) is 11.6 Å². The molecule has 0 radical (unpaired) electrons. The van der Waals surface area contributed by atoms with Crippen LogP contribution in [0, 0.1) is 6.92 Å². The Balaban J connectivity index is 1.61. The molecule has 0 bridgehead atoms. The number of benzene rings is 1. The van der Waals surface area contributed by atoms with Gasteiger partial charge in [-0.25, -0.2) is 19.2 Å². The summed E-state index contributed by atoms with van der Waals surface area (Å²) >= 11 is 0. The minimum absolute atomic E-state index is 0.320. The van der Waals surface area contributed by atoms with E-state index in [0.717, 1.165) is 16.7 Å². The third-order valence-electron chi connectivity index (χ3n) is 3.49. The van der Waals surface area contributed by atoms with Gasteiger partial charge in [0.1, 0.15) is 5.75 Å². The van der Waals surface area contributed by atoms with Gasteiger partial charge in [-0.05, 0) is 41.8 Å². The number of nitrogens with two attached hydrogens (primary N) is 1. The van der Waals surface area contributed by atoms with Crippen molar-refractivity contribution in [2.75, 3.05) is 5.32 Å². The van der Waals surface area contributed by atoms with Crippen LogP contribution in [0.2, 0.25) is 0 Å². The predicted molar refractivity (Wildman–Crippen MR) is 101 cm³/mol. The van der Waals surface area contributed by atoms with Crippen molar-refractivity contribution >= 4 is 16.9 Å². The van der Waals surface area contributed by atoms with Crippen LogP contribution in [0.1, 0.15) is 16.7 Å². The van der Waals surface area contributed by atoms with Crippen LogP contribution in [-0.2, 0) is 23.3 Å². The van der Waals surface area contributed by atoms with E-state index in [9.17, 15) is 4.21 Å². The molecule has 1 unspecified atom stereocenters. The van der Waals surface area contributed by atoms with Gasteiger partial charge in [-0.1, -0.05) is 12.1 Å². The molecule has 0 saturated carbocycles. The van der Waals surface area contributed by atoms with E-state index >= 15 is 0 Å². The third-order valence-corrected chi connectivity index (χ3v) is 4.10. The third kappa shape index (κ3) is 5.33. The molecule has 0 spiro atoms. The molecule has 134 valence electrons. The summed E-state index contributed by atoms with van der Waals surface area (Å²) in [5.74, 6) is 2.03. The fourth-order valence-corrected chi connectivity index (χ4v) is 2.74. The highest BCUT2D eigenvalue weighted by atomic mass is 32.2. The summed E-state index contributed by atoms with van der Waals surface area (Å²) in [5.41, 5.74) is 2.90. The molecule has 3 aromatic rings. The fourth-order valence-electron chi connectivity index (χ4n) is 2.22. The van der Waals surface area contributed by atoms with Crippen molar-refractivity contribution in [1.29, 1.82) is 0 Å². The second kappa shape index (κ2) is 8.50. The Morgan fingerprint density at radius 3 is 2.50 bits per heavy atom. The Hall–Kier alpha value is -2.84. The van der Waals surface area contributed by atoms with Gasteiger partial charge in [-0.3, -0.25) is 5.14 Å². The number of rotatable bonds is 7. The van der Waals surface area contributed by atoms with Crippen LogP contribution in [0.15, 0.2) is 55.0 Å². The number of aryl methyl sites for hydroxylation is 1. The molecule has 1 atom stereocenters. The molecule has 3 rings (SSSR count). The number of aromatic nitrogens is 3. The number of ether oxygens (including phenoxy) is 1. The van der Waals surface area contributed by atoms with Gasteiger partial charge in [0.05, 0.1) is 16.7 Å². The minimum Gasteiger partial charge on any atom is -0.439 e. The first-order valence-electron chi connectivity index (χ1n) is 7.95. The highest BCUT2D eigenvalue weighted by molar-refractivity contribution is 7.81. The van der Waals surface area contributed by atoms with E-state index in [1.165, 1.54) is 0 Å². The summed E-state index contributed by atoms with van der Waals surface area (Å²) in [4.78, 5) is 12.6. The molecule has 0 aliphatic heterocycles. The molecule has 1 aromatic carbocycles. The molecule has 2 heterocycles. The minimum atomic E-state index is -1.35. The summed E-state index contributed by atoms with van der Waals surface area (Å²) in [7, 11) is -1.35. The van der Waals surface area contributed by atoms with Crippen LogP contribution in [0.3, 0.4) is 0 Å². The van der Waals surface area contributed by atoms with E-state index in [0.29, 0.717) is 29.9 Å². The molecular weight excluding hydrogens is 350 g/mol. The lowest BCUT2D eigenvalue weighted by molar-refractivity contribution is 0.462. The Labute approximate surface area is 154 Å². The van der Waals surface area contributed by atoms with E-state index in [1.807, 2.05) is 31.2 Å². The first kappa shape index (κ1) is 18.0. The summed E-state index contributed by atoms with van der Waals surface area (Å²) < 4.78 is 16.8. The van der Waals surface area contributed by atoms with Crippen LogP contribution in [0.4, 0.5) is 5.95 Å². The Morgan fingerprint density at radius 1 is 1.08 bits per heavy atom. The predicted octanol–water partition coefficient (Wildman–Crippen LogP) is 2.71. The van der Waals surface area contributed by atoms with Crippen molar-refractivity contribution in [3.05, 3.63) is 71.7 Å². The molecule has 2 aromatic heterocycles. The van der Waals surface area contributed by atoms with Crippen LogP contribution in [-0.4, -0.2) is 19.2 Å². The average molecular weight is 369 g/mol. The first-order valence-corrected chi connectivity index (χ1v) is 9.34. The van der Waals surface area contributed by atoms with E-state index < -0.39 is 11.0 Å². The molecule has 0 aliphatic rings. The number of pyridine rings is 1. The van der Waals surface area contributed by atoms with Crippen molar-refractivity contribution in [1.82, 2.24) is 15.0 Å². The van der Waals surface area contributed by atoms with Gasteiger partial charge in [0.15, 0.2) is 0 Å². The van der Waals surface area contributed by atoms with Crippen molar-refractivity contribution in [2.45, 2.75) is 19.2 Å². The van der Waals surface area contributed by atoms with Gasteiger partial charge < -0.3 is 10.1 Å². The standard InChI is InChI=1S/C18H19N5O2S/c1-13-9-21-18(22-10-13)23-11-15-6-7-20-17(8-15)25-16-4-2-14(3-5-16)12-26(19)24/h2-10H,11-12,19H2,1H3,(H,21,22,23). The normalized spacial score (nSPS) is 11.8. The van der Waals surface area contributed by atoms with E-state index in [4.69, 9.17) is 9.88 Å². The highest BCUT2D eigenvalue weighted by Gasteiger charge is 2.03. The highest BCUT2D eigenvalue weighted by Crippen LogP contribution is 2.21. The molecule has 26 heavy (non-hydrogen) atoms. The Kier molecular flexibility index (Phi) is 5.88. The molecule has 0 aliphatic carbocycles. The van der Waals surface area contributed by atoms with Crippen LogP contribution < -0.4 is 15.2 Å². The second-order valence-corrected chi connectivity index (χ2v) is 6.76. The second-order valence-electron chi connectivity index (χ2n) is 5.71. The average Bonchev–Trinajstić information content (AvgIpc) is 2.63. The summed E-state index contributed by atoms with van der Waals surface area (Å²) in [6.45, 7) is 2.50. The number of hydrogen-bond acceptors (Lipinski definition) is 6. The SMILES string of the molecule is Cc1cnc(NCc2ccnc(Oc3ccc(CS(N)=O)cc3)c2)nc1. The summed E-state index contributed by atoms with van der Waals surface area (Å²) in [6.07, 6.45) is 5.22. The molecule has 0 saturated heterocycles. The summed E-state index contributed by atoms with van der Waals surface area (Å²) in [6, 6.07) is 11.0. The molecular formula is C18H19N5O2S. The maximum absolute atomic E-state index is 11.0. The maximum atomic E-state index is 11.0. The Morgan fingerprint density at radius 2 is 1.81 bits per heavy atom. The van der Waals surface area contributed by atoms with Crippen molar-refractivity contribution < 1.29 is 8.95 Å². The van der Waals surface area contributed by atoms with Gasteiger partial charge in [-0.15, -0.1) is 0 Å². The van der Waals surface area contributed by atoms with Crippen LogP contribution >= 0.6 is 0 Å². The largest absolute Gasteiger partial charge is 0.439 e. The zero-order chi connectivity index (χ0) is 18.4. The lowest BCUT2D eigenvalue weighted by Gasteiger charge is -2.08. The monoisotopic (exact) mass is 369 g/mol. The lowest BCUT2D eigenvalue weighted by atomic mass is 10.2. The van der Waals surface area contributed by atoms with Crippen LogP contribution in [0.5, 0.6) is 11.6 Å². The number of anilines is 1. The number of nitrogens with one attached hydrogen (secondary N) is 1. The molecule has 3 N–H and O–H groups in total. The van der Waals surface area contributed by atoms with E-state index in [-0.39, 0.29) is 0 Å². The Bertz CT molecular complexity index is 885. The first-order chi connectivity index (χ1) is 12.6. The fraction of sp³-hybridized carbons (Fsp3) is 0.167. The quantitative estimate of drug-likeness (QED) is 0.664.